The van der Waals surface area contributed by atoms with Crippen molar-refractivity contribution < 1.29 is 13.2 Å². The molecule has 0 spiro atoms. The average molecular weight is 372 g/mol. The smallest absolute Gasteiger partial charge is 0.261 e. The van der Waals surface area contributed by atoms with Crippen LogP contribution in [0.15, 0.2) is 58.5 Å². The first-order chi connectivity index (χ1) is 12.4. The van der Waals surface area contributed by atoms with Crippen molar-refractivity contribution in [2.75, 3.05) is 17.3 Å². The van der Waals surface area contributed by atoms with Gasteiger partial charge in [0.05, 0.1) is 23.4 Å². The molecule has 0 atom stereocenters. The second-order valence-corrected chi connectivity index (χ2v) is 6.64. The van der Waals surface area contributed by atoms with E-state index in [2.05, 4.69) is 15.2 Å². The van der Waals surface area contributed by atoms with Gasteiger partial charge in [0.25, 0.3) is 10.0 Å². The van der Waals surface area contributed by atoms with E-state index >= 15 is 0 Å². The number of sulfonamides is 1. The molecule has 10 heteroatoms. The number of nitrogens with zero attached hydrogens (tertiary/aromatic N) is 2. The second-order valence-electron chi connectivity index (χ2n) is 4.96. The Kier molecular flexibility index (Phi) is 5.77. The second kappa shape index (κ2) is 8.00. The molecule has 9 nitrogen and oxygen atoms in total. The van der Waals surface area contributed by atoms with Gasteiger partial charge in [-0.15, -0.1) is 0 Å². The minimum absolute atomic E-state index is 0.0434. The average Bonchev–Trinajstić information content (AvgIpc) is 2.62. The Morgan fingerprint density at radius 3 is 2.50 bits per heavy atom. The normalized spacial score (nSPS) is 11.3. The standard InChI is InChI=1S/C16H16N6O3S/c1-25-13-4-2-3-12(9-13)22-26(23,24)14-7-5-11(6-8-14)20-21-15(10-17)16(18)19/h2-9,20,22H,1H3,(H3,18,19)/b21-15+. The van der Waals surface area contributed by atoms with Gasteiger partial charge >= 0.3 is 0 Å². The summed E-state index contributed by atoms with van der Waals surface area (Å²) in [6, 6.07) is 13.9. The quantitative estimate of drug-likeness (QED) is 0.330. The number of nitrogens with two attached hydrogens (primary N) is 1. The van der Waals surface area contributed by atoms with Gasteiger partial charge in [-0.2, -0.15) is 10.4 Å². The molecule has 0 amide bonds. The topological polar surface area (TPSA) is 153 Å². The van der Waals surface area contributed by atoms with E-state index in [1.807, 2.05) is 0 Å². The monoisotopic (exact) mass is 372 g/mol. The van der Waals surface area contributed by atoms with Crippen LogP contribution in [0.25, 0.3) is 0 Å². The lowest BCUT2D eigenvalue weighted by molar-refractivity contribution is 0.415. The fourth-order valence-corrected chi connectivity index (χ4v) is 2.92. The number of rotatable bonds is 7. The van der Waals surface area contributed by atoms with Crippen molar-refractivity contribution in [2.45, 2.75) is 4.90 Å². The predicted octanol–water partition coefficient (Wildman–Crippen LogP) is 1.72. The summed E-state index contributed by atoms with van der Waals surface area (Å²) in [4.78, 5) is 0.0434. The molecule has 0 aliphatic carbocycles. The number of hydrogen-bond donors (Lipinski definition) is 4. The van der Waals surface area contributed by atoms with Crippen LogP contribution >= 0.6 is 0 Å². The fraction of sp³-hybridized carbons (Fsp3) is 0.0625. The Hall–Kier alpha value is -3.58. The number of amidine groups is 1. The van der Waals surface area contributed by atoms with E-state index < -0.39 is 15.9 Å². The maximum atomic E-state index is 12.4. The number of anilines is 2. The number of benzene rings is 2. The molecule has 0 radical (unpaired) electrons. The molecule has 0 aromatic heterocycles. The summed E-state index contributed by atoms with van der Waals surface area (Å²) in [5, 5.41) is 19.6. The highest BCUT2D eigenvalue weighted by molar-refractivity contribution is 7.92. The van der Waals surface area contributed by atoms with E-state index in [1.165, 1.54) is 31.4 Å². The summed E-state index contributed by atoms with van der Waals surface area (Å²) >= 11 is 0. The summed E-state index contributed by atoms with van der Waals surface area (Å²) in [6.07, 6.45) is 0. The number of ether oxygens (including phenoxy) is 1. The van der Waals surface area contributed by atoms with Crippen molar-refractivity contribution >= 4 is 32.9 Å². The zero-order chi connectivity index (χ0) is 19.2. The first-order valence-corrected chi connectivity index (χ1v) is 8.69. The van der Waals surface area contributed by atoms with E-state index in [1.54, 1.807) is 30.3 Å². The van der Waals surface area contributed by atoms with Crippen LogP contribution in [-0.2, 0) is 10.0 Å². The molecule has 134 valence electrons. The van der Waals surface area contributed by atoms with Crippen LogP contribution in [0.5, 0.6) is 5.75 Å². The summed E-state index contributed by atoms with van der Waals surface area (Å²) in [5.41, 5.74) is 8.24. The van der Waals surface area contributed by atoms with Gasteiger partial charge in [-0.3, -0.25) is 15.6 Å². The minimum atomic E-state index is -3.78. The maximum Gasteiger partial charge on any atom is 0.261 e. The van der Waals surface area contributed by atoms with Gasteiger partial charge < -0.3 is 10.5 Å². The van der Waals surface area contributed by atoms with Gasteiger partial charge in [0, 0.05) is 6.07 Å². The Bertz CT molecular complexity index is 978. The number of hydrazone groups is 1. The zero-order valence-corrected chi connectivity index (χ0v) is 14.5. The lowest BCUT2D eigenvalue weighted by Gasteiger charge is -2.10. The van der Waals surface area contributed by atoms with Crippen molar-refractivity contribution in [3.63, 3.8) is 0 Å². The molecule has 26 heavy (non-hydrogen) atoms. The van der Waals surface area contributed by atoms with Crippen LogP contribution in [0.1, 0.15) is 0 Å². The van der Waals surface area contributed by atoms with Crippen molar-refractivity contribution in [2.24, 2.45) is 10.8 Å². The lowest BCUT2D eigenvalue weighted by atomic mass is 10.3. The number of nitrogens with one attached hydrogen (secondary N) is 3. The van der Waals surface area contributed by atoms with Crippen LogP contribution in [0, 0.1) is 16.7 Å². The molecule has 2 aromatic rings. The van der Waals surface area contributed by atoms with Crippen molar-refractivity contribution in [1.82, 2.24) is 0 Å². The van der Waals surface area contributed by atoms with Crippen LogP contribution in [-0.4, -0.2) is 27.1 Å². The molecular formula is C16H16N6O3S. The first kappa shape index (κ1) is 18.8. The fourth-order valence-electron chi connectivity index (χ4n) is 1.88. The van der Waals surface area contributed by atoms with Crippen molar-refractivity contribution in [1.29, 1.82) is 10.7 Å². The lowest BCUT2D eigenvalue weighted by Crippen LogP contribution is -2.21. The Balaban J connectivity index is 2.16. The highest BCUT2D eigenvalue weighted by Gasteiger charge is 2.14. The molecule has 5 N–H and O–H groups in total. The predicted molar refractivity (Wildman–Crippen MR) is 98.8 cm³/mol. The van der Waals surface area contributed by atoms with Crippen molar-refractivity contribution in [3.8, 4) is 11.8 Å². The largest absolute Gasteiger partial charge is 0.497 e. The van der Waals surface area contributed by atoms with Gasteiger partial charge in [-0.25, -0.2) is 8.42 Å². The molecule has 2 aromatic carbocycles. The SMILES string of the molecule is COc1cccc(NS(=O)(=O)c2ccc(N/N=C(\C#N)C(=N)N)cc2)c1. The summed E-state index contributed by atoms with van der Waals surface area (Å²) in [5.74, 6) is 0.0584. The molecule has 0 saturated carbocycles. The van der Waals surface area contributed by atoms with Crippen LogP contribution in [0.3, 0.4) is 0 Å². The summed E-state index contributed by atoms with van der Waals surface area (Å²) < 4.78 is 32.4. The van der Waals surface area contributed by atoms with Gasteiger partial charge in [0.2, 0.25) is 5.71 Å². The van der Waals surface area contributed by atoms with E-state index in [-0.39, 0.29) is 10.6 Å². The van der Waals surface area contributed by atoms with Crippen molar-refractivity contribution in [3.05, 3.63) is 48.5 Å². The zero-order valence-electron chi connectivity index (χ0n) is 13.7. The molecule has 0 aliphatic rings. The molecule has 0 fully saturated rings. The molecule has 2 rings (SSSR count). The number of hydrogen-bond acceptors (Lipinski definition) is 7. The van der Waals surface area contributed by atoms with E-state index in [0.29, 0.717) is 17.1 Å². The third-order valence-electron chi connectivity index (χ3n) is 3.14. The molecule has 0 saturated heterocycles. The van der Waals surface area contributed by atoms with E-state index in [9.17, 15) is 8.42 Å². The molecule has 0 aliphatic heterocycles. The number of methoxy groups -OCH3 is 1. The highest BCUT2D eigenvalue weighted by Crippen LogP contribution is 2.21. The third kappa shape index (κ3) is 4.71. The van der Waals surface area contributed by atoms with E-state index in [4.69, 9.17) is 21.1 Å². The summed E-state index contributed by atoms with van der Waals surface area (Å²) in [7, 11) is -2.29. The van der Waals surface area contributed by atoms with Gasteiger partial charge in [-0.1, -0.05) is 6.07 Å². The van der Waals surface area contributed by atoms with Crippen LogP contribution in [0.4, 0.5) is 11.4 Å². The number of nitriles is 1. The highest BCUT2D eigenvalue weighted by atomic mass is 32.2. The third-order valence-corrected chi connectivity index (χ3v) is 4.54. The Morgan fingerprint density at radius 1 is 1.23 bits per heavy atom. The molecular weight excluding hydrogens is 356 g/mol. The minimum Gasteiger partial charge on any atom is -0.497 e. The van der Waals surface area contributed by atoms with E-state index in [0.717, 1.165) is 0 Å². The molecule has 0 unspecified atom stereocenters. The maximum absolute atomic E-state index is 12.4. The van der Waals surface area contributed by atoms with Gasteiger partial charge in [-0.05, 0) is 36.4 Å². The molecule has 0 bridgehead atoms. The van der Waals surface area contributed by atoms with Crippen LogP contribution < -0.4 is 20.6 Å². The Morgan fingerprint density at radius 2 is 1.92 bits per heavy atom. The van der Waals surface area contributed by atoms with Crippen LogP contribution in [0.2, 0.25) is 0 Å². The van der Waals surface area contributed by atoms with Gasteiger partial charge in [0.1, 0.15) is 11.8 Å². The summed E-state index contributed by atoms with van der Waals surface area (Å²) in [6.45, 7) is 0. The molecule has 0 heterocycles. The van der Waals surface area contributed by atoms with Gasteiger partial charge in [0.15, 0.2) is 5.84 Å². The Labute approximate surface area is 150 Å². The first-order valence-electron chi connectivity index (χ1n) is 7.21.